The van der Waals surface area contributed by atoms with Crippen LogP contribution in [0.5, 0.6) is 0 Å². The second-order valence-electron chi connectivity index (χ2n) is 37.3. The van der Waals surface area contributed by atoms with Crippen molar-refractivity contribution in [2.24, 2.45) is 0 Å². The molecule has 25 aromatic rings. The summed E-state index contributed by atoms with van der Waals surface area (Å²) < 4.78 is 18.0. The van der Waals surface area contributed by atoms with Gasteiger partial charge in [0.25, 0.3) is 0 Å². The third kappa shape index (κ3) is 15.0. The Kier molecular flexibility index (Phi) is 22.4. The van der Waals surface area contributed by atoms with E-state index < -0.39 is 16.2 Å². The molecule has 0 amide bonds. The van der Waals surface area contributed by atoms with Crippen LogP contribution < -0.4 is 0 Å². The molecule has 0 aliphatic heterocycles. The first-order valence-corrected chi connectivity index (χ1v) is 49.6. The number of nitrogens with zero attached hydrogens (tertiary/aromatic N) is 12. The lowest BCUT2D eigenvalue weighted by Gasteiger charge is -2.34. The Morgan fingerprint density at radius 1 is 0.173 bits per heavy atom. The van der Waals surface area contributed by atoms with E-state index in [9.17, 15) is 15.8 Å². The molecule has 6 aromatic heterocycles. The Morgan fingerprint density at radius 2 is 0.413 bits per heavy atom. The van der Waals surface area contributed by atoms with Crippen molar-refractivity contribution in [2.45, 2.75) is 16.2 Å². The van der Waals surface area contributed by atoms with Gasteiger partial charge < -0.3 is 13.3 Å². The van der Waals surface area contributed by atoms with E-state index in [1.54, 1.807) is 12.5 Å². The van der Waals surface area contributed by atoms with Crippen LogP contribution in [0, 0.1) is 34.0 Å². The largest absolute Gasteiger partial charge is 0.464 e. The number of aromatic nitrogens is 9. The van der Waals surface area contributed by atoms with E-state index in [1.165, 1.54) is 22.3 Å². The van der Waals surface area contributed by atoms with Gasteiger partial charge in [-0.2, -0.15) is 15.8 Å². The fraction of sp³-hybridized carbons (Fsp3) is 0.0222. The van der Waals surface area contributed by atoms with E-state index in [0.717, 1.165) is 161 Å². The van der Waals surface area contributed by atoms with Crippen molar-refractivity contribution in [1.82, 2.24) is 44.9 Å². The number of benzene rings is 19. The van der Waals surface area contributed by atoms with Gasteiger partial charge in [0.1, 0.15) is 41.4 Å². The predicted octanol–water partition coefficient (Wildman–Crippen LogP) is 31.2. The molecule has 0 saturated carbocycles. The molecule has 19 aromatic carbocycles. The van der Waals surface area contributed by atoms with Gasteiger partial charge in [-0.1, -0.05) is 443 Å². The average molecular weight is 1920 g/mol. The molecule has 3 unspecified atom stereocenters. The second-order valence-corrected chi connectivity index (χ2v) is 37.3. The normalized spacial score (nSPS) is 14.6. The lowest BCUT2D eigenvalue weighted by molar-refractivity contribution is 0.614. The molecule has 0 fully saturated rings. The van der Waals surface area contributed by atoms with Crippen LogP contribution in [0.15, 0.2) is 511 Å². The summed E-state index contributed by atoms with van der Waals surface area (Å²) >= 11 is 0. The van der Waals surface area contributed by atoms with Crippen LogP contribution in [-0.2, 0) is 16.2 Å². The first-order valence-electron chi connectivity index (χ1n) is 49.6. The minimum absolute atomic E-state index is 0.529. The number of fused-ring (bicyclic) bond motifs is 15. The van der Waals surface area contributed by atoms with Crippen LogP contribution >= 0.6 is 0 Å². The van der Waals surface area contributed by atoms with Gasteiger partial charge in [-0.25, -0.2) is 44.9 Å². The SMILES string of the molecule is N#Cc1ccc(-c2coc3ccc4c(c23)-c2ccccc2C4(c2ccccc2)c2ccc(-c3nc(-c4ccccc4)nc(-c4ccccc4)n3)cc2)cc1.N#Cc1coc2ccc3c(c12)-c1ccccc1C3(c1ccccc1)c1ccc(-c2nc(-c3ccccc3)nc(-c3ccccc3)n2)cc1.N#Cc1coc2ccc3c(c12)-c1ccccc1C3(c1ccccc1)c1cccc(-c2nc(-c3ccccc3)nc(-c3ccccc3)n2)c1. The quantitative estimate of drug-likeness (QED) is 0.0876. The molecule has 6 heterocycles. The third-order valence-corrected chi connectivity index (χ3v) is 29.2. The van der Waals surface area contributed by atoms with Gasteiger partial charge in [-0.15, -0.1) is 0 Å². The predicted molar refractivity (Wildman–Crippen MR) is 589 cm³/mol. The van der Waals surface area contributed by atoms with E-state index in [-0.39, 0.29) is 0 Å². The Hall–Kier alpha value is -20.7. The molecule has 3 aliphatic rings. The summed E-state index contributed by atoms with van der Waals surface area (Å²) in [6.45, 7) is 0. The second kappa shape index (κ2) is 37.6. The van der Waals surface area contributed by atoms with E-state index in [4.69, 9.17) is 58.1 Å². The highest BCUT2D eigenvalue weighted by Crippen LogP contribution is 2.63. The highest BCUT2D eigenvalue weighted by atomic mass is 16.3. The Balaban J connectivity index is 0.000000114. The first kappa shape index (κ1) is 89.4. The molecule has 15 heteroatoms. The zero-order valence-electron chi connectivity index (χ0n) is 80.4. The van der Waals surface area contributed by atoms with Gasteiger partial charge in [0.15, 0.2) is 52.4 Å². The number of nitriles is 3. The van der Waals surface area contributed by atoms with Gasteiger partial charge in [0.05, 0.1) is 45.3 Å². The zero-order chi connectivity index (χ0) is 100. The van der Waals surface area contributed by atoms with Crippen LogP contribution in [0.3, 0.4) is 0 Å². The van der Waals surface area contributed by atoms with Crippen molar-refractivity contribution in [3.05, 3.63) is 581 Å². The number of rotatable bonds is 16. The van der Waals surface area contributed by atoms with Gasteiger partial charge in [-0.05, 0) is 142 Å². The highest BCUT2D eigenvalue weighted by Gasteiger charge is 2.51. The molecule has 0 N–H and O–H groups in total. The van der Waals surface area contributed by atoms with E-state index >= 15 is 0 Å². The maximum Gasteiger partial charge on any atom is 0.164 e. The monoisotopic (exact) mass is 1920 g/mol. The molecule has 150 heavy (non-hydrogen) atoms. The highest BCUT2D eigenvalue weighted by molar-refractivity contribution is 6.11. The Bertz CT molecular complexity index is 9470. The summed E-state index contributed by atoms with van der Waals surface area (Å²) in [5, 5.41) is 32.4. The van der Waals surface area contributed by atoms with Crippen molar-refractivity contribution in [1.29, 1.82) is 15.8 Å². The smallest absolute Gasteiger partial charge is 0.164 e. The number of hydrogen-bond acceptors (Lipinski definition) is 15. The summed E-state index contributed by atoms with van der Waals surface area (Å²) in [5.41, 5.74) is 32.5. The van der Waals surface area contributed by atoms with Gasteiger partial charge in [0, 0.05) is 71.8 Å². The summed E-state index contributed by atoms with van der Waals surface area (Å²) in [6.07, 6.45) is 4.97. The first-order chi connectivity index (χ1) is 74.2. The Labute approximate surface area is 863 Å². The van der Waals surface area contributed by atoms with Crippen molar-refractivity contribution in [3.8, 4) is 165 Å². The molecule has 0 saturated heterocycles. The van der Waals surface area contributed by atoms with Crippen LogP contribution in [0.1, 0.15) is 83.5 Å². The molecule has 0 bridgehead atoms. The van der Waals surface area contributed by atoms with Crippen molar-refractivity contribution < 1.29 is 13.3 Å². The lowest BCUT2D eigenvalue weighted by atomic mass is 9.67. The topological polar surface area (TPSA) is 227 Å². The standard InChI is InChI=1S/C49H30N4O.2C43H26N4O/c50-30-32-20-22-33(23-21-32)40-31-54-43-29-28-42-44(45(40)43)39-18-10-11-19-41(39)49(42,37-16-8-3-9-17-37)38-26-24-36(25-27-38)48-52-46(34-12-4-1-5-13-34)51-47(53-48)35-14-6-2-7-15-35;44-26-31-27-48-37-24-23-36-39(38(31)37)34-21-10-11-22-35(34)43(36,32-18-8-3-9-19-32)33-20-12-17-30(25-33)42-46-40(28-13-4-1-5-14-28)45-41(47-42)29-15-6-2-7-16-29;44-26-31-27-48-37-25-24-36-39(38(31)37)34-18-10-11-19-35(34)43(36,32-16-8-3-9-17-32)33-22-20-30(21-23-33)42-46-40(28-12-4-1-5-13-28)45-41(47-42)29-14-6-2-7-15-29/h1-29,31H;2*1-25,27H. The van der Waals surface area contributed by atoms with Gasteiger partial charge >= 0.3 is 0 Å². The molecular weight excluding hydrogens is 1840 g/mol. The maximum atomic E-state index is 10.1. The summed E-state index contributed by atoms with van der Waals surface area (Å²) in [5.74, 6) is 5.56. The Morgan fingerprint density at radius 3 is 0.727 bits per heavy atom. The van der Waals surface area contributed by atoms with Crippen molar-refractivity contribution in [2.75, 3.05) is 0 Å². The maximum absolute atomic E-state index is 10.1. The minimum atomic E-state index is -0.682. The van der Waals surface area contributed by atoms with Crippen LogP contribution in [0.2, 0.25) is 0 Å². The number of hydrogen-bond donors (Lipinski definition) is 0. The molecule has 3 aliphatic carbocycles. The average Bonchev–Trinajstić information content (AvgIpc) is 1.58. The zero-order valence-corrected chi connectivity index (χ0v) is 80.4. The van der Waals surface area contributed by atoms with Gasteiger partial charge in [0.2, 0.25) is 0 Å². The van der Waals surface area contributed by atoms with Crippen molar-refractivity contribution in [3.63, 3.8) is 0 Å². The fourth-order valence-corrected chi connectivity index (χ4v) is 22.7. The van der Waals surface area contributed by atoms with Gasteiger partial charge in [-0.3, -0.25) is 0 Å². The summed E-state index contributed by atoms with van der Waals surface area (Å²) in [6, 6.07) is 171. The van der Waals surface area contributed by atoms with Crippen molar-refractivity contribution >= 4 is 32.9 Å². The lowest BCUT2D eigenvalue weighted by Crippen LogP contribution is -2.28. The number of furan rings is 3. The van der Waals surface area contributed by atoms with Crippen LogP contribution in [0.4, 0.5) is 0 Å². The fourth-order valence-electron chi connectivity index (χ4n) is 22.7. The molecule has 28 rings (SSSR count). The molecule has 700 valence electrons. The van der Waals surface area contributed by atoms with Crippen LogP contribution in [0.25, 0.3) is 180 Å². The summed E-state index contributed by atoms with van der Waals surface area (Å²) in [7, 11) is 0. The van der Waals surface area contributed by atoms with E-state index in [2.05, 4.69) is 267 Å². The molecule has 0 radical (unpaired) electrons. The van der Waals surface area contributed by atoms with E-state index in [1.807, 2.05) is 237 Å². The third-order valence-electron chi connectivity index (χ3n) is 29.2. The summed E-state index contributed by atoms with van der Waals surface area (Å²) in [4.78, 5) is 44.7. The minimum Gasteiger partial charge on any atom is -0.464 e. The molecule has 15 nitrogen and oxygen atoms in total. The van der Waals surface area contributed by atoms with E-state index in [0.29, 0.717) is 80.3 Å². The molecule has 3 atom stereocenters. The van der Waals surface area contributed by atoms with Crippen LogP contribution in [-0.4, -0.2) is 44.9 Å². The molecular formula is C135H82N12O3. The molecule has 0 spiro atoms.